The maximum absolute atomic E-state index is 12.2. The first-order valence-corrected chi connectivity index (χ1v) is 10.5. The van der Waals surface area contributed by atoms with Crippen LogP contribution in [0.2, 0.25) is 0 Å². The fourth-order valence-corrected chi connectivity index (χ4v) is 3.31. The number of imidazole rings is 1. The maximum Gasteiger partial charge on any atom is 0.240 e. The van der Waals surface area contributed by atoms with Gasteiger partial charge in [-0.25, -0.2) is 4.98 Å². The summed E-state index contributed by atoms with van der Waals surface area (Å²) in [6.45, 7) is 1.59. The molecule has 0 bridgehead atoms. The van der Waals surface area contributed by atoms with Crippen molar-refractivity contribution >= 4 is 11.8 Å². The van der Waals surface area contributed by atoms with E-state index < -0.39 is 11.9 Å². The minimum atomic E-state index is -0.682. The van der Waals surface area contributed by atoms with Crippen molar-refractivity contribution in [3.63, 3.8) is 0 Å². The number of aromatic nitrogens is 2. The largest absolute Gasteiger partial charge is 0.368 e. The summed E-state index contributed by atoms with van der Waals surface area (Å²) in [4.78, 5) is 27.9. The van der Waals surface area contributed by atoms with Crippen LogP contribution in [0.5, 0.6) is 0 Å². The average molecular weight is 420 g/mol. The number of hydrogen-bond acceptors (Lipinski definition) is 4. The highest BCUT2D eigenvalue weighted by Crippen LogP contribution is 2.09. The van der Waals surface area contributed by atoms with E-state index in [0.29, 0.717) is 12.8 Å². The number of primary amides is 1. The van der Waals surface area contributed by atoms with E-state index in [9.17, 15) is 9.59 Å². The van der Waals surface area contributed by atoms with Gasteiger partial charge in [-0.2, -0.15) is 0 Å². The molecule has 0 aliphatic carbocycles. The van der Waals surface area contributed by atoms with Crippen molar-refractivity contribution in [3.05, 3.63) is 84.4 Å². The number of amides is 2. The third-order valence-corrected chi connectivity index (χ3v) is 5.04. The molecule has 0 spiro atoms. The number of nitrogens with two attached hydrogens (primary N) is 1. The molecule has 0 aliphatic heterocycles. The second-order valence-electron chi connectivity index (χ2n) is 7.48. The highest BCUT2D eigenvalue weighted by atomic mass is 16.2. The third-order valence-electron chi connectivity index (χ3n) is 5.04. The molecule has 7 nitrogen and oxygen atoms in total. The van der Waals surface area contributed by atoms with Crippen LogP contribution in [0.1, 0.15) is 30.4 Å². The van der Waals surface area contributed by atoms with Gasteiger partial charge in [0.15, 0.2) is 0 Å². The summed E-state index contributed by atoms with van der Waals surface area (Å²) < 4.78 is 1.96. The predicted octanol–water partition coefficient (Wildman–Crippen LogP) is 2.34. The number of carbonyl (C=O) groups is 2. The number of hydrogen-bond donors (Lipinski definition) is 3. The number of nitrogens with one attached hydrogen (secondary N) is 2. The molecule has 3 aromatic rings. The highest BCUT2D eigenvalue weighted by Gasteiger charge is 2.18. The van der Waals surface area contributed by atoms with Gasteiger partial charge in [-0.3, -0.25) is 9.59 Å². The Balaban J connectivity index is 1.31. The van der Waals surface area contributed by atoms with Crippen LogP contribution in [0.4, 0.5) is 0 Å². The van der Waals surface area contributed by atoms with E-state index in [1.807, 2.05) is 41.1 Å². The molecular weight excluding hydrogens is 390 g/mol. The summed E-state index contributed by atoms with van der Waals surface area (Å²) >= 11 is 0. The Bertz CT molecular complexity index is 940. The molecule has 0 saturated heterocycles. The smallest absolute Gasteiger partial charge is 0.240 e. The standard InChI is InChI=1S/C24H29N5O2/c25-24(31)22(16-19-6-2-1-3-7-19)28-23(30)8-4-5-13-26-17-20-9-11-21(12-10-20)29-15-14-27-18-29/h1-3,6-7,9-12,14-15,18,22,26H,4-5,8,13,16-17H2,(H2,25,31)(H,28,30)/t22-/m0/s1. The summed E-state index contributed by atoms with van der Waals surface area (Å²) in [5.74, 6) is -0.659. The predicted molar refractivity (Wildman–Crippen MR) is 120 cm³/mol. The van der Waals surface area contributed by atoms with Crippen LogP contribution in [0.25, 0.3) is 5.69 Å². The van der Waals surface area contributed by atoms with Crippen molar-refractivity contribution in [2.24, 2.45) is 5.73 Å². The van der Waals surface area contributed by atoms with Crippen molar-refractivity contribution < 1.29 is 9.59 Å². The van der Waals surface area contributed by atoms with Crippen LogP contribution >= 0.6 is 0 Å². The fourth-order valence-electron chi connectivity index (χ4n) is 3.31. The third kappa shape index (κ3) is 7.38. The second-order valence-corrected chi connectivity index (χ2v) is 7.48. The van der Waals surface area contributed by atoms with Crippen molar-refractivity contribution in [2.75, 3.05) is 6.54 Å². The molecule has 2 aromatic carbocycles. The van der Waals surface area contributed by atoms with Crippen molar-refractivity contribution in [1.29, 1.82) is 0 Å². The van der Waals surface area contributed by atoms with Crippen molar-refractivity contribution in [1.82, 2.24) is 20.2 Å². The molecule has 162 valence electrons. The summed E-state index contributed by atoms with van der Waals surface area (Å²) in [6, 6.07) is 17.2. The topological polar surface area (TPSA) is 102 Å². The van der Waals surface area contributed by atoms with Gasteiger partial charge in [0.05, 0.1) is 6.33 Å². The number of unbranched alkanes of at least 4 members (excludes halogenated alkanes) is 1. The molecule has 1 aromatic heterocycles. The monoisotopic (exact) mass is 419 g/mol. The molecule has 0 radical (unpaired) electrons. The van der Waals surface area contributed by atoms with Gasteiger partial charge in [-0.1, -0.05) is 42.5 Å². The van der Waals surface area contributed by atoms with Crippen LogP contribution in [0.15, 0.2) is 73.3 Å². The Kier molecular flexibility index (Phi) is 8.37. The van der Waals surface area contributed by atoms with E-state index in [1.54, 1.807) is 12.5 Å². The van der Waals surface area contributed by atoms with Gasteiger partial charge in [0, 0.05) is 37.5 Å². The van der Waals surface area contributed by atoms with E-state index in [1.165, 1.54) is 5.56 Å². The van der Waals surface area contributed by atoms with Crippen molar-refractivity contribution in [3.8, 4) is 5.69 Å². The summed E-state index contributed by atoms with van der Waals surface area (Å²) in [6.07, 6.45) is 7.85. The summed E-state index contributed by atoms with van der Waals surface area (Å²) in [5.41, 5.74) is 8.70. The lowest BCUT2D eigenvalue weighted by atomic mass is 10.1. The summed E-state index contributed by atoms with van der Waals surface area (Å²) in [5, 5.41) is 6.15. The van der Waals surface area contributed by atoms with Crippen LogP contribution in [0.3, 0.4) is 0 Å². The lowest BCUT2D eigenvalue weighted by molar-refractivity contribution is -0.127. The zero-order valence-corrected chi connectivity index (χ0v) is 17.5. The fraction of sp³-hybridized carbons (Fsp3) is 0.292. The first-order chi connectivity index (χ1) is 15.1. The van der Waals surface area contributed by atoms with E-state index in [4.69, 9.17) is 5.73 Å². The quantitative estimate of drug-likeness (QED) is 0.392. The Morgan fingerprint density at radius 1 is 1.00 bits per heavy atom. The van der Waals surface area contributed by atoms with Crippen LogP contribution < -0.4 is 16.4 Å². The molecule has 0 fully saturated rings. The zero-order chi connectivity index (χ0) is 21.9. The lowest BCUT2D eigenvalue weighted by Crippen LogP contribution is -2.45. The molecule has 7 heteroatoms. The Labute approximate surface area is 182 Å². The molecule has 0 unspecified atom stereocenters. The Morgan fingerprint density at radius 2 is 1.77 bits per heavy atom. The Morgan fingerprint density at radius 3 is 2.45 bits per heavy atom. The number of rotatable bonds is 12. The number of nitrogens with zero attached hydrogens (tertiary/aromatic N) is 2. The van der Waals surface area contributed by atoms with Gasteiger partial charge in [0.2, 0.25) is 11.8 Å². The van der Waals surface area contributed by atoms with Crippen LogP contribution in [0, 0.1) is 0 Å². The first kappa shape index (κ1) is 22.2. The summed E-state index contributed by atoms with van der Waals surface area (Å²) in [7, 11) is 0. The van der Waals surface area contributed by atoms with Gasteiger partial charge in [-0.05, 0) is 42.6 Å². The highest BCUT2D eigenvalue weighted by molar-refractivity contribution is 5.86. The number of benzene rings is 2. The van der Waals surface area contributed by atoms with Gasteiger partial charge in [0.25, 0.3) is 0 Å². The molecule has 31 heavy (non-hydrogen) atoms. The molecule has 2 amide bonds. The minimum absolute atomic E-state index is 0.144. The first-order valence-electron chi connectivity index (χ1n) is 10.5. The maximum atomic E-state index is 12.2. The average Bonchev–Trinajstić information content (AvgIpc) is 3.32. The number of carbonyl (C=O) groups excluding carboxylic acids is 2. The molecule has 0 saturated carbocycles. The molecular formula is C24H29N5O2. The molecule has 3 rings (SSSR count). The second kappa shape index (κ2) is 11.7. The molecule has 0 aliphatic rings. The van der Waals surface area contributed by atoms with E-state index in [2.05, 4.69) is 39.9 Å². The normalized spacial score (nSPS) is 11.7. The van der Waals surface area contributed by atoms with Gasteiger partial charge in [-0.15, -0.1) is 0 Å². The van der Waals surface area contributed by atoms with E-state index >= 15 is 0 Å². The Hall–Kier alpha value is -3.45. The van der Waals surface area contributed by atoms with E-state index in [0.717, 1.165) is 37.2 Å². The van der Waals surface area contributed by atoms with Crippen molar-refractivity contribution in [2.45, 2.75) is 38.3 Å². The molecule has 1 heterocycles. The van der Waals surface area contributed by atoms with Crippen LogP contribution in [-0.4, -0.2) is 34.0 Å². The lowest BCUT2D eigenvalue weighted by Gasteiger charge is -2.15. The van der Waals surface area contributed by atoms with Crippen LogP contribution in [-0.2, 0) is 22.6 Å². The molecule has 1 atom stereocenters. The van der Waals surface area contributed by atoms with Gasteiger partial charge in [0.1, 0.15) is 6.04 Å². The molecule has 4 N–H and O–H groups in total. The zero-order valence-electron chi connectivity index (χ0n) is 17.5. The minimum Gasteiger partial charge on any atom is -0.368 e. The SMILES string of the molecule is NC(=O)[C@H](Cc1ccccc1)NC(=O)CCCCNCc1ccc(-n2ccnc2)cc1. The van der Waals surface area contributed by atoms with Gasteiger partial charge >= 0.3 is 0 Å². The van der Waals surface area contributed by atoms with E-state index in [-0.39, 0.29) is 5.91 Å². The van der Waals surface area contributed by atoms with Gasteiger partial charge < -0.3 is 20.9 Å².